The second kappa shape index (κ2) is 9.61. The Morgan fingerprint density at radius 1 is 1.12 bits per heavy atom. The Kier molecular flexibility index (Phi) is 6.66. The number of nitrogens with zero attached hydrogens (tertiary/aromatic N) is 1. The first-order chi connectivity index (χ1) is 15.4. The molecular weight excluding hydrogens is 545 g/mol. The lowest BCUT2D eigenvalue weighted by molar-refractivity contribution is -0.123. The third kappa shape index (κ3) is 4.89. The van der Waals surface area contributed by atoms with Crippen LogP contribution in [0.1, 0.15) is 21.7 Å². The number of ether oxygens (including phenoxy) is 2. The number of carbonyl (C=O) groups is 3. The number of carbonyl (C=O) groups excluding carboxylic acids is 3. The number of hydrogen-bond donors (Lipinski definition) is 0. The van der Waals surface area contributed by atoms with E-state index in [0.717, 1.165) is 20.9 Å². The molecule has 1 aromatic heterocycles. The zero-order valence-corrected chi connectivity index (χ0v) is 19.7. The molecule has 2 amide bonds. The number of esters is 1. The Morgan fingerprint density at radius 2 is 1.91 bits per heavy atom. The topological polar surface area (TPSA) is 86.0 Å². The largest absolute Gasteiger partial charge is 0.493 e. The Morgan fingerprint density at radius 3 is 2.59 bits per heavy atom. The minimum atomic E-state index is -0.655. The number of amides is 2. The van der Waals surface area contributed by atoms with Crippen molar-refractivity contribution in [1.82, 2.24) is 4.90 Å². The van der Waals surface area contributed by atoms with Gasteiger partial charge < -0.3 is 13.9 Å². The summed E-state index contributed by atoms with van der Waals surface area (Å²) in [5.41, 5.74) is 1.50. The highest BCUT2D eigenvalue weighted by Gasteiger charge is 2.35. The van der Waals surface area contributed by atoms with Crippen molar-refractivity contribution in [3.63, 3.8) is 0 Å². The second-order valence-electron chi connectivity index (χ2n) is 6.67. The molecule has 2 heterocycles. The van der Waals surface area contributed by atoms with Gasteiger partial charge >= 0.3 is 5.97 Å². The van der Waals surface area contributed by atoms with Gasteiger partial charge in [-0.05, 0) is 88.0 Å². The number of rotatable bonds is 6. The van der Waals surface area contributed by atoms with E-state index >= 15 is 0 Å². The molecule has 0 aliphatic carbocycles. The lowest BCUT2D eigenvalue weighted by Gasteiger charge is -2.12. The molecule has 162 valence electrons. The molecule has 1 fully saturated rings. The summed E-state index contributed by atoms with van der Waals surface area (Å²) in [6.45, 7) is 0.212. The van der Waals surface area contributed by atoms with Crippen molar-refractivity contribution in [3.8, 4) is 11.5 Å². The molecule has 0 bridgehead atoms. The average molecular weight is 561 g/mol. The van der Waals surface area contributed by atoms with Gasteiger partial charge in [0.2, 0.25) is 5.76 Å². The van der Waals surface area contributed by atoms with Gasteiger partial charge in [-0.1, -0.05) is 18.2 Å². The first-order valence-corrected chi connectivity index (χ1v) is 11.3. The summed E-state index contributed by atoms with van der Waals surface area (Å²) < 4.78 is 16.8. The molecule has 0 unspecified atom stereocenters. The molecule has 1 aliphatic rings. The molecule has 1 saturated heterocycles. The quantitative estimate of drug-likeness (QED) is 0.174. The normalized spacial score (nSPS) is 14.8. The predicted molar refractivity (Wildman–Crippen MR) is 127 cm³/mol. The van der Waals surface area contributed by atoms with Crippen LogP contribution in [0.3, 0.4) is 0 Å². The van der Waals surface area contributed by atoms with E-state index in [9.17, 15) is 14.4 Å². The average Bonchev–Trinajstić information content (AvgIpc) is 3.41. The van der Waals surface area contributed by atoms with Gasteiger partial charge in [0.05, 0.1) is 24.8 Å². The van der Waals surface area contributed by atoms with E-state index in [0.29, 0.717) is 16.2 Å². The van der Waals surface area contributed by atoms with Gasteiger partial charge in [-0.25, -0.2) is 4.79 Å². The maximum Gasteiger partial charge on any atom is 0.379 e. The van der Waals surface area contributed by atoms with Crippen LogP contribution in [0.4, 0.5) is 4.79 Å². The van der Waals surface area contributed by atoms with Crippen molar-refractivity contribution < 1.29 is 28.3 Å². The van der Waals surface area contributed by atoms with Crippen LogP contribution in [0.2, 0.25) is 0 Å². The van der Waals surface area contributed by atoms with Crippen LogP contribution in [0.5, 0.6) is 11.5 Å². The zero-order chi connectivity index (χ0) is 22.7. The van der Waals surface area contributed by atoms with Crippen molar-refractivity contribution in [1.29, 1.82) is 0 Å². The Bertz CT molecular complexity index is 1200. The van der Waals surface area contributed by atoms with Gasteiger partial charge in [-0.2, -0.15) is 0 Å². The molecule has 9 heteroatoms. The summed E-state index contributed by atoms with van der Waals surface area (Å²) in [4.78, 5) is 38.8. The molecule has 1 aliphatic heterocycles. The van der Waals surface area contributed by atoms with Gasteiger partial charge in [0, 0.05) is 3.57 Å². The van der Waals surface area contributed by atoms with E-state index in [4.69, 9.17) is 13.9 Å². The fraction of sp³-hybridized carbons (Fsp3) is 0.0870. The molecule has 0 spiro atoms. The van der Waals surface area contributed by atoms with Gasteiger partial charge in [0.25, 0.3) is 11.1 Å². The second-order valence-corrected chi connectivity index (χ2v) is 8.91. The summed E-state index contributed by atoms with van der Waals surface area (Å²) in [5, 5.41) is -0.323. The highest BCUT2D eigenvalue weighted by Crippen LogP contribution is 2.35. The zero-order valence-electron chi connectivity index (χ0n) is 16.7. The molecule has 0 N–H and O–H groups in total. The van der Waals surface area contributed by atoms with Crippen LogP contribution < -0.4 is 9.47 Å². The molecule has 2 aromatic carbocycles. The molecule has 32 heavy (non-hydrogen) atoms. The SMILES string of the molecule is COc1cc(/C=C2\SC(=O)N(Cc3ccc(I)cc3)C2=O)ccc1OC(=O)c1ccco1. The number of hydrogen-bond acceptors (Lipinski definition) is 7. The summed E-state index contributed by atoms with van der Waals surface area (Å²) in [7, 11) is 1.44. The van der Waals surface area contributed by atoms with Gasteiger partial charge in [-0.15, -0.1) is 0 Å². The third-order valence-corrected chi connectivity index (χ3v) is 6.16. The Labute approximate surface area is 201 Å². The van der Waals surface area contributed by atoms with E-state index < -0.39 is 5.97 Å². The van der Waals surface area contributed by atoms with E-state index in [1.807, 2.05) is 24.3 Å². The molecule has 0 atom stereocenters. The fourth-order valence-electron chi connectivity index (χ4n) is 2.96. The summed E-state index contributed by atoms with van der Waals surface area (Å²) in [6.07, 6.45) is 2.99. The van der Waals surface area contributed by atoms with Crippen molar-refractivity contribution in [3.05, 3.63) is 86.2 Å². The number of imide groups is 1. The third-order valence-electron chi connectivity index (χ3n) is 4.54. The van der Waals surface area contributed by atoms with Crippen molar-refractivity contribution in [2.45, 2.75) is 6.54 Å². The maximum absolute atomic E-state index is 12.8. The molecule has 3 aromatic rings. The van der Waals surface area contributed by atoms with Gasteiger partial charge in [-0.3, -0.25) is 14.5 Å². The summed E-state index contributed by atoms with van der Waals surface area (Å²) in [6, 6.07) is 15.6. The molecule has 0 saturated carbocycles. The van der Waals surface area contributed by atoms with E-state index in [2.05, 4.69) is 22.6 Å². The van der Waals surface area contributed by atoms with Crippen molar-refractivity contribution >= 4 is 57.5 Å². The Hall–Kier alpha value is -3.05. The summed E-state index contributed by atoms with van der Waals surface area (Å²) >= 11 is 3.08. The lowest BCUT2D eigenvalue weighted by atomic mass is 10.1. The molecule has 4 rings (SSSR count). The summed E-state index contributed by atoms with van der Waals surface area (Å²) in [5.74, 6) is -0.434. The first-order valence-electron chi connectivity index (χ1n) is 9.38. The van der Waals surface area contributed by atoms with Crippen LogP contribution in [0, 0.1) is 3.57 Å². The number of benzene rings is 2. The number of halogens is 1. The fourth-order valence-corrected chi connectivity index (χ4v) is 4.16. The standard InChI is InChI=1S/C23H16INO6S/c1-29-19-11-15(6-9-17(19)31-22(27)18-3-2-10-30-18)12-20-21(26)25(23(28)32-20)13-14-4-7-16(24)8-5-14/h2-12H,13H2,1H3/b20-12-. The maximum atomic E-state index is 12.8. The van der Waals surface area contributed by atoms with E-state index in [1.165, 1.54) is 24.3 Å². The van der Waals surface area contributed by atoms with Crippen LogP contribution in [-0.2, 0) is 11.3 Å². The highest BCUT2D eigenvalue weighted by molar-refractivity contribution is 14.1. The minimum Gasteiger partial charge on any atom is -0.493 e. The Balaban J connectivity index is 1.51. The van der Waals surface area contributed by atoms with E-state index in [1.54, 1.807) is 30.3 Å². The number of thioether (sulfide) groups is 1. The molecule has 7 nitrogen and oxygen atoms in total. The number of methoxy groups -OCH3 is 1. The predicted octanol–water partition coefficient (Wildman–Crippen LogP) is 5.35. The smallest absolute Gasteiger partial charge is 0.379 e. The van der Waals surface area contributed by atoms with Crippen LogP contribution in [0.25, 0.3) is 6.08 Å². The van der Waals surface area contributed by atoms with E-state index in [-0.39, 0.29) is 29.2 Å². The van der Waals surface area contributed by atoms with Gasteiger partial charge in [0.1, 0.15) is 0 Å². The van der Waals surface area contributed by atoms with Crippen LogP contribution in [0.15, 0.2) is 70.2 Å². The van der Waals surface area contributed by atoms with Crippen LogP contribution in [-0.4, -0.2) is 29.1 Å². The molecule has 0 radical (unpaired) electrons. The lowest BCUT2D eigenvalue weighted by Crippen LogP contribution is -2.27. The van der Waals surface area contributed by atoms with Gasteiger partial charge in [0.15, 0.2) is 11.5 Å². The van der Waals surface area contributed by atoms with Crippen molar-refractivity contribution in [2.24, 2.45) is 0 Å². The molecular formula is C23H16INO6S. The number of furan rings is 1. The first kappa shape index (κ1) is 22.2. The minimum absolute atomic E-state index is 0.0675. The monoisotopic (exact) mass is 561 g/mol. The highest BCUT2D eigenvalue weighted by atomic mass is 127. The van der Waals surface area contributed by atoms with Crippen LogP contribution >= 0.6 is 34.4 Å². The van der Waals surface area contributed by atoms with Crippen molar-refractivity contribution in [2.75, 3.05) is 7.11 Å².